The minimum absolute atomic E-state index is 0.0649. The lowest BCUT2D eigenvalue weighted by Crippen LogP contribution is -2.33. The van der Waals surface area contributed by atoms with Crippen LogP contribution in [0.3, 0.4) is 0 Å². The van der Waals surface area contributed by atoms with E-state index < -0.39 is 0 Å². The van der Waals surface area contributed by atoms with Crippen molar-refractivity contribution in [2.24, 2.45) is 0 Å². The Labute approximate surface area is 156 Å². The van der Waals surface area contributed by atoms with Gasteiger partial charge in [0.2, 0.25) is 0 Å². The van der Waals surface area contributed by atoms with Crippen LogP contribution in [0.15, 0.2) is 48.8 Å². The molecule has 7 heteroatoms. The first kappa shape index (κ1) is 18.2. The Morgan fingerprint density at radius 2 is 1.92 bits per heavy atom. The number of methoxy groups -OCH3 is 1. The minimum atomic E-state index is -0.0649. The van der Waals surface area contributed by atoms with Crippen molar-refractivity contribution in [1.82, 2.24) is 19.9 Å². The number of aromatic nitrogens is 3. The number of aryl methyl sites for hydroxylation is 1. The predicted molar refractivity (Wildman–Crippen MR) is 101 cm³/mol. The van der Waals surface area contributed by atoms with E-state index in [0.29, 0.717) is 30.3 Å². The van der Waals surface area contributed by atoms with Crippen molar-refractivity contribution in [2.75, 3.05) is 20.3 Å². The predicted octanol–water partition coefficient (Wildman–Crippen LogP) is 3.20. The Balaban J connectivity index is 1.85. The molecule has 134 valence electrons. The second-order valence-corrected chi connectivity index (χ2v) is 6.69. The van der Waals surface area contributed by atoms with E-state index in [2.05, 4.69) is 15.0 Å². The molecule has 0 aliphatic heterocycles. The van der Waals surface area contributed by atoms with Gasteiger partial charge in [-0.15, -0.1) is 11.3 Å². The average molecular weight is 368 g/mol. The van der Waals surface area contributed by atoms with Crippen molar-refractivity contribution in [3.63, 3.8) is 0 Å². The number of rotatable bonds is 7. The molecule has 0 aliphatic carbocycles. The van der Waals surface area contributed by atoms with Gasteiger partial charge in [0, 0.05) is 26.0 Å². The molecule has 0 aliphatic rings. The average Bonchev–Trinajstić information content (AvgIpc) is 3.08. The summed E-state index contributed by atoms with van der Waals surface area (Å²) in [6.45, 7) is 3.23. The summed E-state index contributed by atoms with van der Waals surface area (Å²) in [6, 6.07) is 11.3. The normalized spacial score (nSPS) is 10.7. The van der Waals surface area contributed by atoms with Gasteiger partial charge in [-0.1, -0.05) is 12.1 Å². The van der Waals surface area contributed by atoms with Crippen molar-refractivity contribution in [3.05, 3.63) is 65.1 Å². The van der Waals surface area contributed by atoms with E-state index in [4.69, 9.17) is 4.74 Å². The maximum Gasteiger partial charge on any atom is 0.266 e. The topological polar surface area (TPSA) is 68.2 Å². The SMILES string of the molecule is COCCN(Cc1ccccn1)C(=O)c1sc(-c2ccccn2)nc1C. The molecule has 0 fully saturated rings. The van der Waals surface area contributed by atoms with Gasteiger partial charge < -0.3 is 9.64 Å². The van der Waals surface area contributed by atoms with Gasteiger partial charge in [0.15, 0.2) is 0 Å². The zero-order valence-corrected chi connectivity index (χ0v) is 15.6. The van der Waals surface area contributed by atoms with E-state index in [0.717, 1.165) is 16.4 Å². The van der Waals surface area contributed by atoms with Crippen LogP contribution in [0.4, 0.5) is 0 Å². The largest absolute Gasteiger partial charge is 0.383 e. The molecular weight excluding hydrogens is 348 g/mol. The summed E-state index contributed by atoms with van der Waals surface area (Å²) in [4.78, 5) is 28.7. The summed E-state index contributed by atoms with van der Waals surface area (Å²) >= 11 is 1.37. The highest BCUT2D eigenvalue weighted by molar-refractivity contribution is 7.17. The summed E-state index contributed by atoms with van der Waals surface area (Å²) in [5, 5.41) is 0.746. The first-order valence-electron chi connectivity index (χ1n) is 8.26. The van der Waals surface area contributed by atoms with Gasteiger partial charge in [0.05, 0.1) is 30.2 Å². The molecule has 0 N–H and O–H groups in total. The van der Waals surface area contributed by atoms with Crippen LogP contribution in [-0.4, -0.2) is 46.0 Å². The van der Waals surface area contributed by atoms with Crippen LogP contribution in [0.5, 0.6) is 0 Å². The molecule has 3 rings (SSSR count). The Morgan fingerprint density at radius 1 is 1.15 bits per heavy atom. The summed E-state index contributed by atoms with van der Waals surface area (Å²) < 4.78 is 5.16. The van der Waals surface area contributed by atoms with Gasteiger partial charge in [0.1, 0.15) is 9.88 Å². The van der Waals surface area contributed by atoms with Gasteiger partial charge in [-0.2, -0.15) is 0 Å². The lowest BCUT2D eigenvalue weighted by atomic mass is 10.3. The van der Waals surface area contributed by atoms with Gasteiger partial charge >= 0.3 is 0 Å². The highest BCUT2D eigenvalue weighted by atomic mass is 32.1. The molecule has 1 amide bonds. The molecule has 3 aromatic rings. The second-order valence-electron chi connectivity index (χ2n) is 5.69. The number of hydrogen-bond acceptors (Lipinski definition) is 6. The fourth-order valence-electron chi connectivity index (χ4n) is 2.48. The summed E-state index contributed by atoms with van der Waals surface area (Å²) in [6.07, 6.45) is 3.45. The van der Waals surface area contributed by atoms with Crippen molar-refractivity contribution >= 4 is 17.2 Å². The molecule has 0 radical (unpaired) electrons. The number of amides is 1. The number of pyridine rings is 2. The molecule has 0 saturated heterocycles. The first-order valence-corrected chi connectivity index (χ1v) is 9.07. The highest BCUT2D eigenvalue weighted by Crippen LogP contribution is 2.27. The second kappa shape index (κ2) is 8.64. The van der Waals surface area contributed by atoms with Gasteiger partial charge in [0.25, 0.3) is 5.91 Å². The van der Waals surface area contributed by atoms with Crippen molar-refractivity contribution < 1.29 is 9.53 Å². The van der Waals surface area contributed by atoms with Gasteiger partial charge in [-0.05, 0) is 31.2 Å². The van der Waals surface area contributed by atoms with Crippen molar-refractivity contribution in [3.8, 4) is 10.7 Å². The molecule has 0 unspecified atom stereocenters. The molecule has 0 bridgehead atoms. The van der Waals surface area contributed by atoms with Crippen LogP contribution >= 0.6 is 11.3 Å². The van der Waals surface area contributed by atoms with E-state index in [1.165, 1.54) is 11.3 Å². The van der Waals surface area contributed by atoms with Crippen molar-refractivity contribution in [1.29, 1.82) is 0 Å². The van der Waals surface area contributed by atoms with E-state index in [1.54, 1.807) is 24.4 Å². The number of ether oxygens (including phenoxy) is 1. The Bertz CT molecular complexity index is 852. The zero-order chi connectivity index (χ0) is 18.4. The number of carbonyl (C=O) groups is 1. The van der Waals surface area contributed by atoms with Crippen LogP contribution in [0.1, 0.15) is 21.1 Å². The lowest BCUT2D eigenvalue weighted by molar-refractivity contribution is 0.0682. The summed E-state index contributed by atoms with van der Waals surface area (Å²) in [5.41, 5.74) is 2.32. The standard InChI is InChI=1S/C19H20N4O2S/c1-14-17(26-18(22-14)16-8-4-6-10-21-16)19(24)23(11-12-25-2)13-15-7-3-5-9-20-15/h3-10H,11-13H2,1-2H3. The molecule has 0 saturated carbocycles. The number of hydrogen-bond donors (Lipinski definition) is 0. The third-order valence-electron chi connectivity index (χ3n) is 3.81. The highest BCUT2D eigenvalue weighted by Gasteiger charge is 2.22. The Hall–Kier alpha value is -2.64. The van der Waals surface area contributed by atoms with E-state index in [9.17, 15) is 4.79 Å². The quantitative estimate of drug-likeness (QED) is 0.641. The van der Waals surface area contributed by atoms with Crippen molar-refractivity contribution in [2.45, 2.75) is 13.5 Å². The van der Waals surface area contributed by atoms with Crippen LogP contribution < -0.4 is 0 Å². The number of carbonyl (C=O) groups excluding carboxylic acids is 1. The molecule has 0 spiro atoms. The van der Waals surface area contributed by atoms with Gasteiger partial charge in [-0.3, -0.25) is 14.8 Å². The maximum absolute atomic E-state index is 13.1. The molecular formula is C19H20N4O2S. The van der Waals surface area contributed by atoms with Gasteiger partial charge in [-0.25, -0.2) is 4.98 Å². The lowest BCUT2D eigenvalue weighted by Gasteiger charge is -2.21. The molecule has 3 aromatic heterocycles. The van der Waals surface area contributed by atoms with Crippen LogP contribution in [-0.2, 0) is 11.3 Å². The fraction of sp³-hybridized carbons (Fsp3) is 0.263. The molecule has 6 nitrogen and oxygen atoms in total. The zero-order valence-electron chi connectivity index (χ0n) is 14.8. The van der Waals surface area contributed by atoms with Crippen LogP contribution in [0.2, 0.25) is 0 Å². The monoisotopic (exact) mass is 368 g/mol. The molecule has 26 heavy (non-hydrogen) atoms. The smallest absolute Gasteiger partial charge is 0.266 e. The number of nitrogens with zero attached hydrogens (tertiary/aromatic N) is 4. The summed E-state index contributed by atoms with van der Waals surface area (Å²) in [5.74, 6) is -0.0649. The first-order chi connectivity index (χ1) is 12.7. The number of thiazole rings is 1. The molecule has 3 heterocycles. The van der Waals surface area contributed by atoms with E-state index >= 15 is 0 Å². The fourth-order valence-corrected chi connectivity index (χ4v) is 3.49. The van der Waals surface area contributed by atoms with Crippen LogP contribution in [0, 0.1) is 6.92 Å². The third kappa shape index (κ3) is 4.30. The Kier molecular flexibility index (Phi) is 6.04. The molecule has 0 atom stereocenters. The maximum atomic E-state index is 13.1. The van der Waals surface area contributed by atoms with E-state index in [1.807, 2.05) is 43.3 Å². The minimum Gasteiger partial charge on any atom is -0.383 e. The molecule has 0 aromatic carbocycles. The Morgan fingerprint density at radius 3 is 2.58 bits per heavy atom. The van der Waals surface area contributed by atoms with Crippen LogP contribution in [0.25, 0.3) is 10.7 Å². The third-order valence-corrected chi connectivity index (χ3v) is 4.97. The summed E-state index contributed by atoms with van der Waals surface area (Å²) in [7, 11) is 1.63. The van der Waals surface area contributed by atoms with E-state index in [-0.39, 0.29) is 5.91 Å².